The Hall–Kier alpha value is -0.610. The van der Waals surface area contributed by atoms with Crippen LogP contribution in [0.1, 0.15) is 39.5 Å². The van der Waals surface area contributed by atoms with Crippen molar-refractivity contribution in [1.29, 1.82) is 0 Å². The Balaban J connectivity index is 1.84. The molecule has 2 aliphatic rings. The van der Waals surface area contributed by atoms with Gasteiger partial charge in [0.1, 0.15) is 0 Å². The minimum atomic E-state index is -0.178. The summed E-state index contributed by atoms with van der Waals surface area (Å²) >= 11 is 0. The second kappa shape index (κ2) is 4.94. The van der Waals surface area contributed by atoms with Crippen LogP contribution in [0.2, 0.25) is 0 Å². The van der Waals surface area contributed by atoms with Crippen molar-refractivity contribution >= 4 is 5.91 Å². The summed E-state index contributed by atoms with van der Waals surface area (Å²) in [7, 11) is 0. The van der Waals surface area contributed by atoms with E-state index in [1.54, 1.807) is 0 Å². The average Bonchev–Trinajstić information content (AvgIpc) is 2.26. The number of carbonyl (C=O) groups excluding carboxylic acids is 1. The molecule has 1 saturated carbocycles. The van der Waals surface area contributed by atoms with Gasteiger partial charge in [-0.25, -0.2) is 0 Å². The highest BCUT2D eigenvalue weighted by molar-refractivity contribution is 5.77. The molecule has 1 aliphatic carbocycles. The Labute approximate surface area is 104 Å². The molecule has 2 rings (SSSR count). The van der Waals surface area contributed by atoms with Crippen LogP contribution in [0.25, 0.3) is 0 Å². The predicted molar refractivity (Wildman–Crippen MR) is 68.7 cm³/mol. The highest BCUT2D eigenvalue weighted by Gasteiger charge is 2.37. The fraction of sp³-hybridized carbons (Fsp3) is 0.923. The largest absolute Gasteiger partial charge is 0.340 e. The molecular weight excluding hydrogens is 214 g/mol. The van der Waals surface area contributed by atoms with Crippen LogP contribution < -0.4 is 5.73 Å². The van der Waals surface area contributed by atoms with Crippen LogP contribution in [0, 0.1) is 0 Å². The second-order valence-electron chi connectivity index (χ2n) is 5.71. The van der Waals surface area contributed by atoms with E-state index in [2.05, 4.69) is 18.7 Å². The van der Waals surface area contributed by atoms with Crippen molar-refractivity contribution in [3.8, 4) is 0 Å². The Morgan fingerprint density at radius 1 is 1.41 bits per heavy atom. The molecule has 0 aromatic heterocycles. The third kappa shape index (κ3) is 2.80. The molecule has 1 aliphatic heterocycles. The first kappa shape index (κ1) is 12.8. The van der Waals surface area contributed by atoms with Gasteiger partial charge >= 0.3 is 0 Å². The molecular formula is C13H25N3O. The molecule has 2 N–H and O–H groups in total. The molecule has 0 radical (unpaired) electrons. The summed E-state index contributed by atoms with van der Waals surface area (Å²) in [6.07, 6.45) is 3.77. The minimum Gasteiger partial charge on any atom is -0.340 e. The highest BCUT2D eigenvalue weighted by Crippen LogP contribution is 2.32. The molecule has 1 atom stereocenters. The standard InChI is InChI=1S/C13H25N3O/c1-3-15-7-8-16(10-11(15)2)12(17)9-13(14)5-4-6-13/h11H,3-10,14H2,1-2H3. The molecule has 4 heteroatoms. The molecule has 1 unspecified atom stereocenters. The lowest BCUT2D eigenvalue weighted by molar-refractivity contribution is -0.136. The summed E-state index contributed by atoms with van der Waals surface area (Å²) in [5, 5.41) is 0. The Bertz CT molecular complexity index is 288. The molecule has 1 saturated heterocycles. The first-order valence-corrected chi connectivity index (χ1v) is 6.85. The topological polar surface area (TPSA) is 49.6 Å². The van der Waals surface area contributed by atoms with E-state index in [0.29, 0.717) is 12.5 Å². The Morgan fingerprint density at radius 3 is 2.59 bits per heavy atom. The smallest absolute Gasteiger partial charge is 0.224 e. The van der Waals surface area contributed by atoms with Gasteiger partial charge in [-0.05, 0) is 32.7 Å². The number of rotatable bonds is 3. The summed E-state index contributed by atoms with van der Waals surface area (Å²) in [5.74, 6) is 0.259. The van der Waals surface area contributed by atoms with E-state index >= 15 is 0 Å². The van der Waals surface area contributed by atoms with Crippen molar-refractivity contribution in [2.45, 2.75) is 51.1 Å². The van der Waals surface area contributed by atoms with E-state index in [9.17, 15) is 4.79 Å². The first-order chi connectivity index (χ1) is 8.04. The molecule has 17 heavy (non-hydrogen) atoms. The number of hydrogen-bond acceptors (Lipinski definition) is 3. The molecule has 0 bridgehead atoms. The van der Waals surface area contributed by atoms with Crippen molar-refractivity contribution in [1.82, 2.24) is 9.80 Å². The summed E-state index contributed by atoms with van der Waals surface area (Å²) in [4.78, 5) is 16.6. The average molecular weight is 239 g/mol. The van der Waals surface area contributed by atoms with Crippen molar-refractivity contribution in [3.05, 3.63) is 0 Å². The van der Waals surface area contributed by atoms with Gasteiger partial charge in [-0.2, -0.15) is 0 Å². The van der Waals surface area contributed by atoms with Crippen molar-refractivity contribution in [2.75, 3.05) is 26.2 Å². The molecule has 1 heterocycles. The molecule has 1 amide bonds. The number of amides is 1. The lowest BCUT2D eigenvalue weighted by Gasteiger charge is -2.42. The van der Waals surface area contributed by atoms with E-state index in [0.717, 1.165) is 39.0 Å². The van der Waals surface area contributed by atoms with E-state index in [-0.39, 0.29) is 11.4 Å². The predicted octanol–water partition coefficient (Wildman–Crippen LogP) is 0.811. The summed E-state index contributed by atoms with van der Waals surface area (Å²) < 4.78 is 0. The molecule has 0 spiro atoms. The van der Waals surface area contributed by atoms with E-state index in [1.807, 2.05) is 4.90 Å². The Kier molecular flexibility index (Phi) is 3.73. The maximum absolute atomic E-state index is 12.2. The quantitative estimate of drug-likeness (QED) is 0.793. The number of carbonyl (C=O) groups is 1. The molecule has 0 aromatic rings. The maximum Gasteiger partial charge on any atom is 0.224 e. The third-order valence-corrected chi connectivity index (χ3v) is 4.38. The van der Waals surface area contributed by atoms with Crippen LogP contribution in [0.15, 0.2) is 0 Å². The van der Waals surface area contributed by atoms with Gasteiger partial charge in [0.15, 0.2) is 0 Å². The van der Waals surface area contributed by atoms with Crippen LogP contribution in [0.4, 0.5) is 0 Å². The summed E-state index contributed by atoms with van der Waals surface area (Å²) in [5.41, 5.74) is 5.96. The zero-order valence-corrected chi connectivity index (χ0v) is 11.1. The van der Waals surface area contributed by atoms with Gasteiger partial charge in [0.2, 0.25) is 5.91 Å². The first-order valence-electron chi connectivity index (χ1n) is 6.85. The number of hydrogen-bond donors (Lipinski definition) is 1. The monoisotopic (exact) mass is 239 g/mol. The SMILES string of the molecule is CCN1CCN(C(=O)CC2(N)CCC2)CC1C. The fourth-order valence-corrected chi connectivity index (χ4v) is 2.91. The van der Waals surface area contributed by atoms with Gasteiger partial charge < -0.3 is 10.6 Å². The number of nitrogens with zero attached hydrogens (tertiary/aromatic N) is 2. The lowest BCUT2D eigenvalue weighted by Crippen LogP contribution is -2.56. The van der Waals surface area contributed by atoms with Crippen LogP contribution in [0.3, 0.4) is 0 Å². The zero-order chi connectivity index (χ0) is 12.5. The van der Waals surface area contributed by atoms with Gasteiger partial charge in [-0.1, -0.05) is 6.92 Å². The van der Waals surface area contributed by atoms with Crippen molar-refractivity contribution in [2.24, 2.45) is 5.73 Å². The van der Waals surface area contributed by atoms with Gasteiger partial charge in [0.05, 0.1) is 0 Å². The number of piperazine rings is 1. The van der Waals surface area contributed by atoms with Crippen LogP contribution >= 0.6 is 0 Å². The van der Waals surface area contributed by atoms with E-state index in [4.69, 9.17) is 5.73 Å². The number of nitrogens with two attached hydrogens (primary N) is 1. The van der Waals surface area contributed by atoms with Crippen LogP contribution in [-0.4, -0.2) is 53.5 Å². The van der Waals surface area contributed by atoms with Gasteiger partial charge in [-0.3, -0.25) is 9.69 Å². The molecule has 0 aromatic carbocycles. The number of likely N-dealkylation sites (N-methyl/N-ethyl adjacent to an activating group) is 1. The molecule has 4 nitrogen and oxygen atoms in total. The summed E-state index contributed by atoms with van der Waals surface area (Å²) in [6, 6.07) is 0.479. The van der Waals surface area contributed by atoms with Crippen molar-refractivity contribution in [3.63, 3.8) is 0 Å². The van der Waals surface area contributed by atoms with E-state index in [1.165, 1.54) is 6.42 Å². The zero-order valence-electron chi connectivity index (χ0n) is 11.1. The van der Waals surface area contributed by atoms with Crippen molar-refractivity contribution < 1.29 is 4.79 Å². The second-order valence-corrected chi connectivity index (χ2v) is 5.71. The normalized spacial score (nSPS) is 28.9. The molecule has 98 valence electrons. The highest BCUT2D eigenvalue weighted by atomic mass is 16.2. The fourth-order valence-electron chi connectivity index (χ4n) is 2.91. The Morgan fingerprint density at radius 2 is 2.12 bits per heavy atom. The minimum absolute atomic E-state index is 0.178. The van der Waals surface area contributed by atoms with Crippen LogP contribution in [-0.2, 0) is 4.79 Å². The van der Waals surface area contributed by atoms with E-state index < -0.39 is 0 Å². The molecule has 2 fully saturated rings. The van der Waals surface area contributed by atoms with Gasteiger partial charge in [-0.15, -0.1) is 0 Å². The third-order valence-electron chi connectivity index (χ3n) is 4.38. The lowest BCUT2D eigenvalue weighted by atomic mass is 9.75. The van der Waals surface area contributed by atoms with Gasteiger partial charge in [0.25, 0.3) is 0 Å². The summed E-state index contributed by atoms with van der Waals surface area (Å²) in [6.45, 7) is 8.18. The van der Waals surface area contributed by atoms with Crippen LogP contribution in [0.5, 0.6) is 0 Å². The maximum atomic E-state index is 12.2. The van der Waals surface area contributed by atoms with Gasteiger partial charge in [0, 0.05) is 37.6 Å².